The van der Waals surface area contributed by atoms with Gasteiger partial charge in [0.05, 0.1) is 27.9 Å². The molecule has 0 saturated carbocycles. The Labute approximate surface area is 158 Å². The van der Waals surface area contributed by atoms with Gasteiger partial charge in [-0.25, -0.2) is 5.14 Å². The predicted molar refractivity (Wildman–Crippen MR) is 104 cm³/mol. The summed E-state index contributed by atoms with van der Waals surface area (Å²) in [6.45, 7) is 2.49. The molecule has 2 N–H and O–H groups in total. The van der Waals surface area contributed by atoms with Crippen molar-refractivity contribution in [2.75, 3.05) is 27.9 Å². The maximum atomic E-state index is 5.55. The summed E-state index contributed by atoms with van der Waals surface area (Å²) in [4.78, 5) is 0. The fraction of sp³-hybridized carbons (Fsp3) is 0.368. The molecule has 0 aliphatic heterocycles. The number of benzene rings is 2. The molecule has 6 nitrogen and oxygen atoms in total. The van der Waals surface area contributed by atoms with Crippen LogP contribution in [0.4, 0.5) is 0 Å². The fourth-order valence-electron chi connectivity index (χ4n) is 2.67. The molecule has 2 aromatic carbocycles. The molecule has 0 heterocycles. The lowest BCUT2D eigenvalue weighted by atomic mass is 10.0. The van der Waals surface area contributed by atoms with Gasteiger partial charge in [-0.2, -0.15) is 0 Å². The van der Waals surface area contributed by atoms with Crippen molar-refractivity contribution in [3.05, 3.63) is 41.5 Å². The summed E-state index contributed by atoms with van der Waals surface area (Å²) >= 11 is 0.805. The van der Waals surface area contributed by atoms with Gasteiger partial charge in [0, 0.05) is 0 Å². The van der Waals surface area contributed by atoms with Gasteiger partial charge in [0.1, 0.15) is 12.2 Å². The van der Waals surface area contributed by atoms with E-state index in [2.05, 4.69) is 0 Å². The summed E-state index contributed by atoms with van der Waals surface area (Å²) in [5.74, 6) is 3.20. The van der Waals surface area contributed by atoms with Gasteiger partial charge >= 0.3 is 0 Å². The van der Waals surface area contributed by atoms with Crippen LogP contribution in [-0.4, -0.2) is 27.9 Å². The lowest BCUT2D eigenvalue weighted by Gasteiger charge is -2.14. The Hall–Kier alpha value is -2.25. The molecule has 0 amide bonds. The van der Waals surface area contributed by atoms with Crippen molar-refractivity contribution in [3.63, 3.8) is 0 Å². The predicted octanol–water partition coefficient (Wildman–Crippen LogP) is 3.80. The van der Waals surface area contributed by atoms with Crippen LogP contribution < -0.4 is 28.3 Å². The number of methoxy groups -OCH3 is 3. The Kier molecular flexibility index (Phi) is 7.74. The smallest absolute Gasteiger partial charge is 0.203 e. The van der Waals surface area contributed by atoms with Crippen molar-refractivity contribution in [1.82, 2.24) is 0 Å². The number of rotatable bonds is 10. The standard InChI is InChI=1S/C19H25NO5S/c1-5-24-15-9-8-13(10-16(15)25-26-20)6-7-14-11-17(21-2)19(23-4)18(12-14)22-3/h8-12H,5-7,20H2,1-4H3. The van der Waals surface area contributed by atoms with Gasteiger partial charge in [-0.3, -0.25) is 0 Å². The topological polar surface area (TPSA) is 72.2 Å². The molecule has 26 heavy (non-hydrogen) atoms. The molecular formula is C19H25NO5S. The van der Waals surface area contributed by atoms with E-state index in [0.29, 0.717) is 35.4 Å². The minimum absolute atomic E-state index is 0.566. The molecule has 0 aliphatic rings. The molecule has 2 aromatic rings. The van der Waals surface area contributed by atoms with Crippen molar-refractivity contribution < 1.29 is 23.1 Å². The second-order valence-corrected chi connectivity index (χ2v) is 5.79. The van der Waals surface area contributed by atoms with E-state index >= 15 is 0 Å². The number of aryl methyl sites for hydroxylation is 2. The fourth-order valence-corrected chi connectivity index (χ4v) is 2.90. The van der Waals surface area contributed by atoms with E-state index in [0.717, 1.165) is 36.2 Å². The minimum Gasteiger partial charge on any atom is -0.493 e. The first-order valence-electron chi connectivity index (χ1n) is 8.24. The van der Waals surface area contributed by atoms with E-state index in [1.807, 2.05) is 37.3 Å². The lowest BCUT2D eigenvalue weighted by Crippen LogP contribution is -2.00. The molecule has 0 saturated heterocycles. The maximum absolute atomic E-state index is 5.55. The van der Waals surface area contributed by atoms with Gasteiger partial charge < -0.3 is 23.1 Å². The third-order valence-corrected chi connectivity index (χ3v) is 4.15. The zero-order valence-electron chi connectivity index (χ0n) is 15.5. The van der Waals surface area contributed by atoms with Crippen LogP contribution in [-0.2, 0) is 12.8 Å². The second-order valence-electron chi connectivity index (χ2n) is 5.43. The second kappa shape index (κ2) is 10.0. The van der Waals surface area contributed by atoms with Crippen LogP contribution in [0.15, 0.2) is 30.3 Å². The van der Waals surface area contributed by atoms with Crippen LogP contribution >= 0.6 is 12.2 Å². The first kappa shape index (κ1) is 20.1. The highest BCUT2D eigenvalue weighted by atomic mass is 32.2. The molecule has 0 unspecified atom stereocenters. The van der Waals surface area contributed by atoms with E-state index in [1.54, 1.807) is 21.3 Å². The average Bonchev–Trinajstić information content (AvgIpc) is 2.67. The maximum Gasteiger partial charge on any atom is 0.203 e. The molecule has 142 valence electrons. The van der Waals surface area contributed by atoms with E-state index in [4.69, 9.17) is 28.3 Å². The first-order chi connectivity index (χ1) is 12.7. The average molecular weight is 379 g/mol. The Bertz CT molecular complexity index is 698. The van der Waals surface area contributed by atoms with Crippen LogP contribution in [0.1, 0.15) is 18.1 Å². The molecule has 7 heteroatoms. The largest absolute Gasteiger partial charge is 0.493 e. The first-order valence-corrected chi connectivity index (χ1v) is 9.05. The summed E-state index contributed by atoms with van der Waals surface area (Å²) < 4.78 is 27.1. The van der Waals surface area contributed by atoms with Gasteiger partial charge in [0.2, 0.25) is 5.75 Å². The van der Waals surface area contributed by atoms with Crippen molar-refractivity contribution in [3.8, 4) is 28.7 Å². The van der Waals surface area contributed by atoms with Gasteiger partial charge in [-0.05, 0) is 55.2 Å². The van der Waals surface area contributed by atoms with Gasteiger partial charge in [-0.1, -0.05) is 6.07 Å². The van der Waals surface area contributed by atoms with Gasteiger partial charge in [0.25, 0.3) is 0 Å². The summed E-state index contributed by atoms with van der Waals surface area (Å²) in [5.41, 5.74) is 2.20. The van der Waals surface area contributed by atoms with Crippen LogP contribution in [0.5, 0.6) is 28.7 Å². The molecule has 0 atom stereocenters. The number of hydrogen-bond acceptors (Lipinski definition) is 7. The highest BCUT2D eigenvalue weighted by molar-refractivity contribution is 7.92. The van der Waals surface area contributed by atoms with Crippen LogP contribution in [0.3, 0.4) is 0 Å². The normalized spacial score (nSPS) is 10.3. The summed E-state index contributed by atoms with van der Waals surface area (Å²) in [6, 6.07) is 9.80. The van der Waals surface area contributed by atoms with Crippen molar-refractivity contribution >= 4 is 12.2 Å². The van der Waals surface area contributed by atoms with Crippen LogP contribution in [0, 0.1) is 0 Å². The molecular weight excluding hydrogens is 354 g/mol. The Morgan fingerprint density at radius 1 is 0.808 bits per heavy atom. The van der Waals surface area contributed by atoms with Crippen LogP contribution in [0.2, 0.25) is 0 Å². The molecule has 0 fully saturated rings. The van der Waals surface area contributed by atoms with E-state index in [1.165, 1.54) is 0 Å². The highest BCUT2D eigenvalue weighted by Crippen LogP contribution is 2.38. The van der Waals surface area contributed by atoms with Crippen molar-refractivity contribution in [2.45, 2.75) is 19.8 Å². The zero-order chi connectivity index (χ0) is 18.9. The molecule has 0 bridgehead atoms. The number of ether oxygens (including phenoxy) is 4. The SMILES string of the molecule is CCOc1ccc(CCc2cc(OC)c(OC)c(OC)c2)cc1OSN. The zero-order valence-corrected chi connectivity index (χ0v) is 16.4. The van der Waals surface area contributed by atoms with Crippen LogP contribution in [0.25, 0.3) is 0 Å². The molecule has 2 rings (SSSR count). The summed E-state index contributed by atoms with van der Waals surface area (Å²) in [6.07, 6.45) is 1.62. The monoisotopic (exact) mass is 379 g/mol. The number of hydrogen-bond donors (Lipinski definition) is 1. The summed E-state index contributed by atoms with van der Waals surface area (Å²) in [7, 11) is 4.82. The quantitative estimate of drug-likeness (QED) is 0.497. The minimum atomic E-state index is 0.566. The Morgan fingerprint density at radius 2 is 1.42 bits per heavy atom. The van der Waals surface area contributed by atoms with E-state index in [9.17, 15) is 0 Å². The molecule has 0 aliphatic carbocycles. The third-order valence-electron chi connectivity index (χ3n) is 3.87. The molecule has 0 radical (unpaired) electrons. The van der Waals surface area contributed by atoms with Crippen molar-refractivity contribution in [2.24, 2.45) is 5.14 Å². The van der Waals surface area contributed by atoms with Gasteiger partial charge in [-0.15, -0.1) is 0 Å². The van der Waals surface area contributed by atoms with E-state index in [-0.39, 0.29) is 0 Å². The Balaban J connectivity index is 2.19. The van der Waals surface area contributed by atoms with Crippen molar-refractivity contribution in [1.29, 1.82) is 0 Å². The Morgan fingerprint density at radius 3 is 1.96 bits per heavy atom. The number of nitrogens with two attached hydrogens (primary N) is 1. The molecule has 0 spiro atoms. The summed E-state index contributed by atoms with van der Waals surface area (Å²) in [5, 5.41) is 5.43. The third kappa shape index (κ3) is 4.89. The van der Waals surface area contributed by atoms with Gasteiger partial charge in [0.15, 0.2) is 23.0 Å². The van der Waals surface area contributed by atoms with E-state index < -0.39 is 0 Å². The lowest BCUT2D eigenvalue weighted by molar-refractivity contribution is 0.324. The molecule has 0 aromatic heterocycles. The highest BCUT2D eigenvalue weighted by Gasteiger charge is 2.13.